The molecule has 0 spiro atoms. The van der Waals surface area contributed by atoms with Gasteiger partial charge in [0.25, 0.3) is 0 Å². The molecule has 0 heterocycles. The average Bonchev–Trinajstić information content (AvgIpc) is 2.43. The van der Waals surface area contributed by atoms with Gasteiger partial charge in [0.2, 0.25) is 5.91 Å². The first-order chi connectivity index (χ1) is 9.72. The summed E-state index contributed by atoms with van der Waals surface area (Å²) in [7, 11) is 0. The van der Waals surface area contributed by atoms with Crippen LogP contribution in [0.15, 0.2) is 24.3 Å². The highest BCUT2D eigenvalue weighted by Crippen LogP contribution is 2.09. The van der Waals surface area contributed by atoms with Crippen molar-refractivity contribution in [1.29, 1.82) is 0 Å². The Balaban J connectivity index is 2.08. The molecule has 112 valence electrons. The van der Waals surface area contributed by atoms with Crippen molar-refractivity contribution in [3.63, 3.8) is 0 Å². The lowest BCUT2D eigenvalue weighted by Crippen LogP contribution is -2.14. The number of nitrogens with one attached hydrogen (secondary N) is 2. The normalized spacial score (nSPS) is 10.5. The Hall–Kier alpha value is -1.35. The van der Waals surface area contributed by atoms with Crippen molar-refractivity contribution in [3.8, 4) is 0 Å². The van der Waals surface area contributed by atoms with Gasteiger partial charge in [0.1, 0.15) is 0 Å². The smallest absolute Gasteiger partial charge is 0.221 e. The zero-order chi connectivity index (χ0) is 14.6. The van der Waals surface area contributed by atoms with E-state index in [9.17, 15) is 4.79 Å². The van der Waals surface area contributed by atoms with Crippen LogP contribution in [0.3, 0.4) is 0 Å². The predicted molar refractivity (Wildman–Crippen MR) is 85.8 cm³/mol. The summed E-state index contributed by atoms with van der Waals surface area (Å²) in [5.41, 5.74) is 2.11. The second-order valence-electron chi connectivity index (χ2n) is 5.32. The van der Waals surface area contributed by atoms with Gasteiger partial charge in [-0.25, -0.2) is 0 Å². The summed E-state index contributed by atoms with van der Waals surface area (Å²) in [6.45, 7) is 5.75. The number of hydrogen-bond donors (Lipinski definition) is 2. The largest absolute Gasteiger partial charge is 0.326 e. The molecule has 1 rings (SSSR count). The van der Waals surface area contributed by atoms with Crippen molar-refractivity contribution in [3.05, 3.63) is 29.8 Å². The van der Waals surface area contributed by atoms with Gasteiger partial charge in [0.15, 0.2) is 0 Å². The first kappa shape index (κ1) is 16.7. The van der Waals surface area contributed by atoms with E-state index in [1.807, 2.05) is 12.1 Å². The minimum Gasteiger partial charge on any atom is -0.326 e. The zero-order valence-electron chi connectivity index (χ0n) is 12.9. The maximum absolute atomic E-state index is 10.9. The molecule has 0 aliphatic rings. The minimum atomic E-state index is -0.0288. The highest BCUT2D eigenvalue weighted by Gasteiger charge is 1.96. The molecule has 0 unspecified atom stereocenters. The summed E-state index contributed by atoms with van der Waals surface area (Å²) in [6.07, 6.45) is 8.00. The first-order valence-corrected chi connectivity index (χ1v) is 7.79. The molecule has 2 N–H and O–H groups in total. The highest BCUT2D eigenvalue weighted by molar-refractivity contribution is 5.88. The molecule has 3 heteroatoms. The highest BCUT2D eigenvalue weighted by atomic mass is 16.1. The molecule has 0 aliphatic carbocycles. The van der Waals surface area contributed by atoms with E-state index in [0.29, 0.717) is 0 Å². The van der Waals surface area contributed by atoms with Gasteiger partial charge < -0.3 is 10.6 Å². The van der Waals surface area contributed by atoms with Gasteiger partial charge in [-0.3, -0.25) is 4.79 Å². The van der Waals surface area contributed by atoms with Crippen molar-refractivity contribution in [2.24, 2.45) is 0 Å². The predicted octanol–water partition coefficient (Wildman–Crippen LogP) is 4.10. The second kappa shape index (κ2) is 10.4. The van der Waals surface area contributed by atoms with Gasteiger partial charge in [-0.05, 0) is 30.7 Å². The van der Waals surface area contributed by atoms with Gasteiger partial charge in [0, 0.05) is 19.2 Å². The van der Waals surface area contributed by atoms with E-state index in [1.165, 1.54) is 51.0 Å². The van der Waals surface area contributed by atoms with Gasteiger partial charge in [-0.15, -0.1) is 0 Å². The molecule has 0 aliphatic heterocycles. The minimum absolute atomic E-state index is 0.0288. The van der Waals surface area contributed by atoms with Crippen LogP contribution in [0.25, 0.3) is 0 Å². The molecular weight excluding hydrogens is 248 g/mol. The van der Waals surface area contributed by atoms with Crippen LogP contribution in [0.1, 0.15) is 57.9 Å². The van der Waals surface area contributed by atoms with E-state index in [-0.39, 0.29) is 5.91 Å². The van der Waals surface area contributed by atoms with Crippen molar-refractivity contribution in [2.45, 2.75) is 58.9 Å². The Morgan fingerprint density at radius 1 is 1.00 bits per heavy atom. The lowest BCUT2D eigenvalue weighted by atomic mass is 10.1. The fourth-order valence-corrected chi connectivity index (χ4v) is 2.17. The van der Waals surface area contributed by atoms with Gasteiger partial charge >= 0.3 is 0 Å². The molecule has 0 atom stereocenters. The van der Waals surface area contributed by atoms with Crippen molar-refractivity contribution in [2.75, 3.05) is 11.9 Å². The third-order valence-electron chi connectivity index (χ3n) is 3.31. The molecule has 1 aromatic carbocycles. The van der Waals surface area contributed by atoms with Crippen LogP contribution in [0.5, 0.6) is 0 Å². The standard InChI is InChI=1S/C17H28N2O/c1-3-4-5-6-7-8-13-18-14-16-9-11-17(12-10-16)19-15(2)20/h9-12,18H,3-8,13-14H2,1-2H3,(H,19,20). The molecule has 0 bridgehead atoms. The quantitative estimate of drug-likeness (QED) is 0.632. The van der Waals surface area contributed by atoms with E-state index in [0.717, 1.165) is 18.8 Å². The number of rotatable bonds is 10. The summed E-state index contributed by atoms with van der Waals surface area (Å²) in [5.74, 6) is -0.0288. The molecule has 1 amide bonds. The van der Waals surface area contributed by atoms with Crippen LogP contribution in [-0.2, 0) is 11.3 Å². The summed E-state index contributed by atoms with van der Waals surface area (Å²) < 4.78 is 0. The molecule has 0 saturated heterocycles. The number of anilines is 1. The number of unbranched alkanes of at least 4 members (excludes halogenated alkanes) is 5. The molecule has 0 radical (unpaired) electrons. The Kier molecular flexibility index (Phi) is 8.72. The average molecular weight is 276 g/mol. The van der Waals surface area contributed by atoms with Gasteiger partial charge in [0.05, 0.1) is 0 Å². The molecule has 3 nitrogen and oxygen atoms in total. The third-order valence-corrected chi connectivity index (χ3v) is 3.31. The van der Waals surface area contributed by atoms with Gasteiger partial charge in [-0.2, -0.15) is 0 Å². The van der Waals surface area contributed by atoms with Crippen LogP contribution in [0.2, 0.25) is 0 Å². The van der Waals surface area contributed by atoms with Crippen molar-refractivity contribution in [1.82, 2.24) is 5.32 Å². The van der Waals surface area contributed by atoms with Crippen LogP contribution >= 0.6 is 0 Å². The van der Waals surface area contributed by atoms with E-state index in [1.54, 1.807) is 0 Å². The van der Waals surface area contributed by atoms with Crippen LogP contribution in [0.4, 0.5) is 5.69 Å². The Morgan fingerprint density at radius 2 is 1.65 bits per heavy atom. The maximum atomic E-state index is 10.9. The van der Waals surface area contributed by atoms with Crippen LogP contribution in [0, 0.1) is 0 Å². The van der Waals surface area contributed by atoms with E-state index >= 15 is 0 Å². The summed E-state index contributed by atoms with van der Waals surface area (Å²) in [4.78, 5) is 10.9. The first-order valence-electron chi connectivity index (χ1n) is 7.79. The zero-order valence-corrected chi connectivity index (χ0v) is 12.9. The number of carbonyl (C=O) groups is 1. The fraction of sp³-hybridized carbons (Fsp3) is 0.588. The number of benzene rings is 1. The third kappa shape index (κ3) is 7.95. The maximum Gasteiger partial charge on any atom is 0.221 e. The molecule has 20 heavy (non-hydrogen) atoms. The monoisotopic (exact) mass is 276 g/mol. The Labute approximate surface area is 123 Å². The Morgan fingerprint density at radius 3 is 2.30 bits per heavy atom. The molecule has 1 aromatic rings. The van der Waals surface area contributed by atoms with E-state index in [4.69, 9.17) is 0 Å². The summed E-state index contributed by atoms with van der Waals surface area (Å²) >= 11 is 0. The van der Waals surface area contributed by atoms with E-state index in [2.05, 4.69) is 29.7 Å². The molecule has 0 saturated carbocycles. The molecule has 0 aromatic heterocycles. The number of hydrogen-bond acceptors (Lipinski definition) is 2. The Bertz CT molecular complexity index is 373. The number of carbonyl (C=O) groups excluding carboxylic acids is 1. The van der Waals surface area contributed by atoms with Crippen LogP contribution in [-0.4, -0.2) is 12.5 Å². The van der Waals surface area contributed by atoms with Crippen molar-refractivity contribution < 1.29 is 4.79 Å². The molecule has 0 fully saturated rings. The number of amides is 1. The summed E-state index contributed by atoms with van der Waals surface area (Å²) in [6, 6.07) is 8.01. The van der Waals surface area contributed by atoms with Gasteiger partial charge in [-0.1, -0.05) is 51.2 Å². The fourth-order valence-electron chi connectivity index (χ4n) is 2.17. The second-order valence-corrected chi connectivity index (χ2v) is 5.32. The lowest BCUT2D eigenvalue weighted by Gasteiger charge is -2.06. The SMILES string of the molecule is CCCCCCCCNCc1ccc(NC(C)=O)cc1. The lowest BCUT2D eigenvalue weighted by molar-refractivity contribution is -0.114. The summed E-state index contributed by atoms with van der Waals surface area (Å²) in [5, 5.41) is 6.24. The topological polar surface area (TPSA) is 41.1 Å². The van der Waals surface area contributed by atoms with Crippen LogP contribution < -0.4 is 10.6 Å². The molecular formula is C17H28N2O. The van der Waals surface area contributed by atoms with E-state index < -0.39 is 0 Å². The van der Waals surface area contributed by atoms with Crippen molar-refractivity contribution >= 4 is 11.6 Å².